The van der Waals surface area contributed by atoms with Crippen LogP contribution in [0.3, 0.4) is 0 Å². The van der Waals surface area contributed by atoms with Crippen molar-refractivity contribution in [3.63, 3.8) is 0 Å². The standard InChI is InChI=1S/C19H27N5O2.ClH/c1-13(15-6-4-5-7-16(15)26-3)12-17(25)21-19-22-18(23-24(19)2)14-8-10-20-11-9-14;/h4-7,13-14,20H,8-12H2,1-3H3,(H,21,22,23,25);1H. The van der Waals surface area contributed by atoms with Gasteiger partial charge in [-0.1, -0.05) is 25.1 Å². The van der Waals surface area contributed by atoms with Crippen molar-refractivity contribution < 1.29 is 9.53 Å². The molecular weight excluding hydrogens is 366 g/mol. The van der Waals surface area contributed by atoms with Crippen LogP contribution < -0.4 is 15.4 Å². The number of ether oxygens (including phenoxy) is 1. The first-order valence-corrected chi connectivity index (χ1v) is 9.13. The van der Waals surface area contributed by atoms with Crippen LogP contribution in [-0.4, -0.2) is 40.9 Å². The first-order valence-electron chi connectivity index (χ1n) is 9.13. The van der Waals surface area contributed by atoms with E-state index in [1.54, 1.807) is 11.8 Å². The van der Waals surface area contributed by atoms with E-state index in [0.29, 0.717) is 18.3 Å². The van der Waals surface area contributed by atoms with Crippen molar-refractivity contribution in [3.8, 4) is 5.75 Å². The van der Waals surface area contributed by atoms with E-state index in [4.69, 9.17) is 4.74 Å². The summed E-state index contributed by atoms with van der Waals surface area (Å²) in [6.45, 7) is 4.00. The Morgan fingerprint density at radius 3 is 2.78 bits per heavy atom. The molecule has 148 valence electrons. The number of aryl methyl sites for hydroxylation is 1. The molecule has 1 amide bonds. The molecule has 8 heteroatoms. The number of hydrogen-bond donors (Lipinski definition) is 2. The Balaban J connectivity index is 0.00000261. The van der Waals surface area contributed by atoms with Crippen LogP contribution in [0.1, 0.15) is 49.4 Å². The fourth-order valence-corrected chi connectivity index (χ4v) is 3.40. The summed E-state index contributed by atoms with van der Waals surface area (Å²) in [7, 11) is 3.46. The number of piperidine rings is 1. The number of benzene rings is 1. The predicted octanol–water partition coefficient (Wildman–Crippen LogP) is 2.84. The average molecular weight is 394 g/mol. The second-order valence-corrected chi connectivity index (χ2v) is 6.84. The number of aromatic nitrogens is 3. The van der Waals surface area contributed by atoms with E-state index in [0.717, 1.165) is 43.1 Å². The third-order valence-electron chi connectivity index (χ3n) is 4.90. The molecule has 1 aliphatic rings. The Morgan fingerprint density at radius 2 is 2.07 bits per heavy atom. The normalized spacial score (nSPS) is 15.7. The molecule has 1 atom stereocenters. The minimum atomic E-state index is -0.0734. The number of nitrogens with one attached hydrogen (secondary N) is 2. The van der Waals surface area contributed by atoms with Crippen molar-refractivity contribution in [1.82, 2.24) is 20.1 Å². The molecule has 0 bridgehead atoms. The van der Waals surface area contributed by atoms with Gasteiger partial charge in [0.2, 0.25) is 11.9 Å². The van der Waals surface area contributed by atoms with E-state index >= 15 is 0 Å². The van der Waals surface area contributed by atoms with Gasteiger partial charge >= 0.3 is 0 Å². The molecule has 0 spiro atoms. The number of anilines is 1. The van der Waals surface area contributed by atoms with Crippen LogP contribution >= 0.6 is 12.4 Å². The Morgan fingerprint density at radius 1 is 1.37 bits per heavy atom. The monoisotopic (exact) mass is 393 g/mol. The molecule has 3 rings (SSSR count). The van der Waals surface area contributed by atoms with Crippen LogP contribution in [0.15, 0.2) is 24.3 Å². The minimum Gasteiger partial charge on any atom is -0.496 e. The number of amides is 1. The van der Waals surface area contributed by atoms with Gasteiger partial charge in [-0.3, -0.25) is 10.1 Å². The number of hydrogen-bond acceptors (Lipinski definition) is 5. The highest BCUT2D eigenvalue weighted by Crippen LogP contribution is 2.29. The first kappa shape index (κ1) is 21.2. The smallest absolute Gasteiger partial charge is 0.227 e. The second kappa shape index (κ2) is 9.71. The summed E-state index contributed by atoms with van der Waals surface area (Å²) in [4.78, 5) is 17.0. The van der Waals surface area contributed by atoms with Gasteiger partial charge < -0.3 is 10.1 Å². The lowest BCUT2D eigenvalue weighted by atomic mass is 9.96. The van der Waals surface area contributed by atoms with E-state index < -0.39 is 0 Å². The molecule has 27 heavy (non-hydrogen) atoms. The van der Waals surface area contributed by atoms with Gasteiger partial charge in [0.05, 0.1) is 7.11 Å². The summed E-state index contributed by atoms with van der Waals surface area (Å²) in [6.07, 6.45) is 2.42. The zero-order valence-electron chi connectivity index (χ0n) is 16.1. The molecule has 2 heterocycles. The summed E-state index contributed by atoms with van der Waals surface area (Å²) < 4.78 is 7.05. The zero-order valence-corrected chi connectivity index (χ0v) is 16.9. The largest absolute Gasteiger partial charge is 0.496 e. The molecule has 1 aliphatic heterocycles. The summed E-state index contributed by atoms with van der Waals surface area (Å²) in [5.41, 5.74) is 1.03. The quantitative estimate of drug-likeness (QED) is 0.788. The van der Waals surface area contributed by atoms with E-state index in [9.17, 15) is 4.79 Å². The van der Waals surface area contributed by atoms with Crippen LogP contribution in [0.25, 0.3) is 0 Å². The van der Waals surface area contributed by atoms with Crippen molar-refractivity contribution in [2.75, 3.05) is 25.5 Å². The first-order chi connectivity index (χ1) is 12.6. The molecular formula is C19H28ClN5O2. The summed E-state index contributed by atoms with van der Waals surface area (Å²) >= 11 is 0. The SMILES string of the molecule is COc1ccccc1C(C)CC(=O)Nc1nc(C2CCNCC2)nn1C.Cl. The minimum absolute atomic E-state index is 0. The maximum absolute atomic E-state index is 12.5. The zero-order chi connectivity index (χ0) is 18.5. The Labute approximate surface area is 166 Å². The van der Waals surface area contributed by atoms with Gasteiger partial charge in [0.25, 0.3) is 0 Å². The molecule has 1 unspecified atom stereocenters. The van der Waals surface area contributed by atoms with Gasteiger partial charge in [-0.2, -0.15) is 10.1 Å². The third kappa shape index (κ3) is 5.20. The molecule has 0 aliphatic carbocycles. The lowest BCUT2D eigenvalue weighted by Gasteiger charge is -2.19. The van der Waals surface area contributed by atoms with E-state index in [-0.39, 0.29) is 24.2 Å². The van der Waals surface area contributed by atoms with Crippen molar-refractivity contribution in [3.05, 3.63) is 35.7 Å². The maximum Gasteiger partial charge on any atom is 0.227 e. The van der Waals surface area contributed by atoms with Crippen LogP contribution in [-0.2, 0) is 11.8 Å². The van der Waals surface area contributed by atoms with Gasteiger partial charge in [-0.05, 0) is 43.5 Å². The molecule has 0 radical (unpaired) electrons. The van der Waals surface area contributed by atoms with Crippen LogP contribution in [0, 0.1) is 0 Å². The topological polar surface area (TPSA) is 81.1 Å². The molecule has 2 N–H and O–H groups in total. The number of methoxy groups -OCH3 is 1. The van der Waals surface area contributed by atoms with Gasteiger partial charge in [-0.15, -0.1) is 12.4 Å². The second-order valence-electron chi connectivity index (χ2n) is 6.84. The number of para-hydroxylation sites is 1. The summed E-state index contributed by atoms with van der Waals surface area (Å²) in [6, 6.07) is 7.79. The van der Waals surface area contributed by atoms with Crippen LogP contribution in [0.4, 0.5) is 5.95 Å². The highest BCUT2D eigenvalue weighted by atomic mass is 35.5. The van der Waals surface area contributed by atoms with Crippen molar-refractivity contribution in [2.24, 2.45) is 7.05 Å². The van der Waals surface area contributed by atoms with Gasteiger partial charge in [0.15, 0.2) is 5.82 Å². The van der Waals surface area contributed by atoms with Crippen molar-refractivity contribution in [2.45, 2.75) is 38.0 Å². The Kier molecular flexibility index (Phi) is 7.62. The molecule has 1 aromatic heterocycles. The third-order valence-corrected chi connectivity index (χ3v) is 4.90. The number of carbonyl (C=O) groups is 1. The van der Waals surface area contributed by atoms with E-state index in [2.05, 4.69) is 20.7 Å². The lowest BCUT2D eigenvalue weighted by Crippen LogP contribution is -2.27. The number of carbonyl (C=O) groups excluding carboxylic acids is 1. The predicted molar refractivity (Wildman–Crippen MR) is 108 cm³/mol. The van der Waals surface area contributed by atoms with Crippen LogP contribution in [0.5, 0.6) is 5.75 Å². The van der Waals surface area contributed by atoms with Crippen LogP contribution in [0.2, 0.25) is 0 Å². The maximum atomic E-state index is 12.5. The Bertz CT molecular complexity index is 758. The number of nitrogens with zero attached hydrogens (tertiary/aromatic N) is 3. The van der Waals surface area contributed by atoms with Gasteiger partial charge in [-0.25, -0.2) is 4.68 Å². The molecule has 1 aromatic carbocycles. The van der Waals surface area contributed by atoms with E-state index in [1.807, 2.05) is 38.2 Å². The van der Waals surface area contributed by atoms with Crippen molar-refractivity contribution in [1.29, 1.82) is 0 Å². The van der Waals surface area contributed by atoms with E-state index in [1.165, 1.54) is 0 Å². The highest BCUT2D eigenvalue weighted by Gasteiger charge is 2.22. The lowest BCUT2D eigenvalue weighted by molar-refractivity contribution is -0.116. The number of rotatable bonds is 6. The van der Waals surface area contributed by atoms with Gasteiger partial charge in [0.1, 0.15) is 5.75 Å². The molecule has 1 fully saturated rings. The Hall–Kier alpha value is -2.12. The fourth-order valence-electron chi connectivity index (χ4n) is 3.40. The van der Waals surface area contributed by atoms with Gasteiger partial charge in [0, 0.05) is 19.4 Å². The van der Waals surface area contributed by atoms with Crippen molar-refractivity contribution >= 4 is 24.3 Å². The molecule has 0 saturated carbocycles. The average Bonchev–Trinajstić information content (AvgIpc) is 3.02. The fraction of sp³-hybridized carbons (Fsp3) is 0.526. The highest BCUT2D eigenvalue weighted by molar-refractivity contribution is 5.89. The molecule has 1 saturated heterocycles. The molecule has 2 aromatic rings. The summed E-state index contributed by atoms with van der Waals surface area (Å²) in [5, 5.41) is 10.7. The number of halogens is 1. The molecule has 7 nitrogen and oxygen atoms in total. The summed E-state index contributed by atoms with van der Waals surface area (Å²) in [5.74, 6) is 2.47.